The molecule has 0 spiro atoms. The third kappa shape index (κ3) is 2.45. The molecule has 1 heterocycles. The van der Waals surface area contributed by atoms with Crippen molar-refractivity contribution in [1.82, 2.24) is 9.55 Å². The SMILES string of the molecule is Cn1c(-c2ccccc2)nc(C2CCCCCC2)c1N. The molecule has 0 bridgehead atoms. The molecule has 2 N–H and O–H groups in total. The summed E-state index contributed by atoms with van der Waals surface area (Å²) in [6.45, 7) is 0. The second-order valence-electron chi connectivity index (χ2n) is 5.82. The summed E-state index contributed by atoms with van der Waals surface area (Å²) < 4.78 is 2.04. The third-order valence-electron chi connectivity index (χ3n) is 4.44. The monoisotopic (exact) mass is 269 g/mol. The maximum atomic E-state index is 6.32. The van der Waals surface area contributed by atoms with Gasteiger partial charge in [0.05, 0.1) is 5.69 Å². The first-order chi connectivity index (χ1) is 9.77. The quantitative estimate of drug-likeness (QED) is 0.834. The van der Waals surface area contributed by atoms with E-state index in [1.807, 2.05) is 29.8 Å². The van der Waals surface area contributed by atoms with Gasteiger partial charge in [0.2, 0.25) is 0 Å². The van der Waals surface area contributed by atoms with E-state index in [0.717, 1.165) is 22.9 Å². The molecule has 3 nitrogen and oxygen atoms in total. The second-order valence-corrected chi connectivity index (χ2v) is 5.82. The van der Waals surface area contributed by atoms with Crippen molar-refractivity contribution in [2.75, 3.05) is 5.73 Å². The molecule has 2 aromatic rings. The van der Waals surface area contributed by atoms with Gasteiger partial charge in [-0.25, -0.2) is 4.98 Å². The average Bonchev–Trinajstić information content (AvgIpc) is 2.69. The van der Waals surface area contributed by atoms with Crippen LogP contribution in [0.2, 0.25) is 0 Å². The van der Waals surface area contributed by atoms with E-state index in [-0.39, 0.29) is 0 Å². The van der Waals surface area contributed by atoms with E-state index in [4.69, 9.17) is 10.7 Å². The van der Waals surface area contributed by atoms with Gasteiger partial charge in [0.15, 0.2) is 0 Å². The first-order valence-corrected chi connectivity index (χ1v) is 7.65. The number of benzene rings is 1. The highest BCUT2D eigenvalue weighted by atomic mass is 15.1. The molecular formula is C17H23N3. The van der Waals surface area contributed by atoms with E-state index in [2.05, 4.69) is 12.1 Å². The van der Waals surface area contributed by atoms with E-state index in [1.165, 1.54) is 38.5 Å². The minimum absolute atomic E-state index is 0.543. The zero-order valence-corrected chi connectivity index (χ0v) is 12.2. The fourth-order valence-corrected chi connectivity index (χ4v) is 3.23. The highest BCUT2D eigenvalue weighted by Crippen LogP contribution is 2.35. The molecule has 1 fully saturated rings. The third-order valence-corrected chi connectivity index (χ3v) is 4.44. The summed E-state index contributed by atoms with van der Waals surface area (Å²) in [5.74, 6) is 2.37. The predicted octanol–water partition coefficient (Wildman–Crippen LogP) is 4.11. The Morgan fingerprint density at radius 1 is 1.05 bits per heavy atom. The molecule has 20 heavy (non-hydrogen) atoms. The minimum Gasteiger partial charge on any atom is -0.384 e. The summed E-state index contributed by atoms with van der Waals surface area (Å²) in [7, 11) is 2.02. The molecule has 0 radical (unpaired) electrons. The molecule has 1 aliphatic rings. The maximum Gasteiger partial charge on any atom is 0.141 e. The van der Waals surface area contributed by atoms with Gasteiger partial charge in [0.25, 0.3) is 0 Å². The molecule has 0 amide bonds. The topological polar surface area (TPSA) is 43.8 Å². The summed E-state index contributed by atoms with van der Waals surface area (Å²) in [5.41, 5.74) is 8.58. The molecule has 1 aromatic heterocycles. The van der Waals surface area contributed by atoms with Crippen LogP contribution in [0, 0.1) is 0 Å². The summed E-state index contributed by atoms with van der Waals surface area (Å²) in [4.78, 5) is 4.88. The number of nitrogen functional groups attached to an aromatic ring is 1. The van der Waals surface area contributed by atoms with Gasteiger partial charge < -0.3 is 10.3 Å². The number of anilines is 1. The van der Waals surface area contributed by atoms with Gasteiger partial charge in [-0.3, -0.25) is 0 Å². The smallest absolute Gasteiger partial charge is 0.141 e. The van der Waals surface area contributed by atoms with Gasteiger partial charge in [0.1, 0.15) is 11.6 Å². The number of hydrogen-bond acceptors (Lipinski definition) is 2. The molecule has 0 atom stereocenters. The normalized spacial score (nSPS) is 17.1. The summed E-state index contributed by atoms with van der Waals surface area (Å²) in [5, 5.41) is 0. The highest BCUT2D eigenvalue weighted by Gasteiger charge is 2.22. The van der Waals surface area contributed by atoms with Crippen molar-refractivity contribution in [3.63, 3.8) is 0 Å². The van der Waals surface area contributed by atoms with Crippen LogP contribution in [0.25, 0.3) is 11.4 Å². The summed E-state index contributed by atoms with van der Waals surface area (Å²) in [6, 6.07) is 10.3. The Bertz CT molecular complexity index is 563. The van der Waals surface area contributed by atoms with Crippen LogP contribution in [-0.4, -0.2) is 9.55 Å². The lowest BCUT2D eigenvalue weighted by Crippen LogP contribution is -2.04. The summed E-state index contributed by atoms with van der Waals surface area (Å²) in [6.07, 6.45) is 7.79. The molecule has 1 aromatic carbocycles. The number of aromatic nitrogens is 2. The van der Waals surface area contributed by atoms with Crippen molar-refractivity contribution in [1.29, 1.82) is 0 Å². The van der Waals surface area contributed by atoms with Crippen molar-refractivity contribution in [3.05, 3.63) is 36.0 Å². The fraction of sp³-hybridized carbons (Fsp3) is 0.471. The minimum atomic E-state index is 0.543. The Hall–Kier alpha value is -1.77. The fourth-order valence-electron chi connectivity index (χ4n) is 3.23. The molecule has 1 aliphatic carbocycles. The Labute approximate surface area is 120 Å². The maximum absolute atomic E-state index is 6.32. The van der Waals surface area contributed by atoms with Crippen molar-refractivity contribution in [3.8, 4) is 11.4 Å². The lowest BCUT2D eigenvalue weighted by atomic mass is 9.96. The van der Waals surface area contributed by atoms with Crippen molar-refractivity contribution >= 4 is 5.82 Å². The van der Waals surface area contributed by atoms with E-state index >= 15 is 0 Å². The Morgan fingerprint density at radius 3 is 2.35 bits per heavy atom. The van der Waals surface area contributed by atoms with Crippen LogP contribution >= 0.6 is 0 Å². The average molecular weight is 269 g/mol. The van der Waals surface area contributed by atoms with Crippen LogP contribution < -0.4 is 5.73 Å². The van der Waals surface area contributed by atoms with Gasteiger partial charge in [-0.15, -0.1) is 0 Å². The van der Waals surface area contributed by atoms with Crippen LogP contribution in [-0.2, 0) is 7.05 Å². The lowest BCUT2D eigenvalue weighted by Gasteiger charge is -2.11. The second kappa shape index (κ2) is 5.70. The van der Waals surface area contributed by atoms with E-state index in [0.29, 0.717) is 5.92 Å². The molecule has 0 aliphatic heterocycles. The number of rotatable bonds is 2. The van der Waals surface area contributed by atoms with E-state index in [9.17, 15) is 0 Å². The standard InChI is InChI=1S/C17H23N3/c1-20-16(18)15(13-9-5-2-3-6-10-13)19-17(20)14-11-7-4-8-12-14/h4,7-8,11-13H,2-3,5-6,9-10,18H2,1H3. The molecule has 3 heteroatoms. The lowest BCUT2D eigenvalue weighted by molar-refractivity contribution is 0.582. The van der Waals surface area contributed by atoms with Crippen LogP contribution in [0.15, 0.2) is 30.3 Å². The molecule has 0 saturated heterocycles. The predicted molar refractivity (Wildman–Crippen MR) is 83.5 cm³/mol. The van der Waals surface area contributed by atoms with Gasteiger partial charge >= 0.3 is 0 Å². The number of nitrogens with two attached hydrogens (primary N) is 1. The van der Waals surface area contributed by atoms with Crippen LogP contribution in [0.1, 0.15) is 50.1 Å². The Balaban J connectivity index is 1.97. The van der Waals surface area contributed by atoms with E-state index in [1.54, 1.807) is 0 Å². The zero-order valence-electron chi connectivity index (χ0n) is 12.2. The van der Waals surface area contributed by atoms with Gasteiger partial charge in [-0.05, 0) is 12.8 Å². The van der Waals surface area contributed by atoms with Crippen molar-refractivity contribution in [2.24, 2.45) is 7.05 Å². The Morgan fingerprint density at radius 2 is 1.70 bits per heavy atom. The molecule has 0 unspecified atom stereocenters. The van der Waals surface area contributed by atoms with Gasteiger partial charge in [-0.1, -0.05) is 56.0 Å². The molecule has 106 valence electrons. The first-order valence-electron chi connectivity index (χ1n) is 7.65. The zero-order chi connectivity index (χ0) is 13.9. The summed E-state index contributed by atoms with van der Waals surface area (Å²) >= 11 is 0. The van der Waals surface area contributed by atoms with Crippen LogP contribution in [0.3, 0.4) is 0 Å². The highest BCUT2D eigenvalue weighted by molar-refractivity contribution is 5.60. The van der Waals surface area contributed by atoms with E-state index < -0.39 is 0 Å². The van der Waals surface area contributed by atoms with Crippen molar-refractivity contribution in [2.45, 2.75) is 44.4 Å². The number of nitrogens with zero attached hydrogens (tertiary/aromatic N) is 2. The van der Waals surface area contributed by atoms with Gasteiger partial charge in [-0.2, -0.15) is 0 Å². The molecule has 1 saturated carbocycles. The molecule has 3 rings (SSSR count). The number of hydrogen-bond donors (Lipinski definition) is 1. The Kier molecular flexibility index (Phi) is 3.77. The van der Waals surface area contributed by atoms with Crippen LogP contribution in [0.5, 0.6) is 0 Å². The molecular weight excluding hydrogens is 246 g/mol. The first kappa shape index (κ1) is 13.2. The largest absolute Gasteiger partial charge is 0.384 e. The number of imidazole rings is 1. The van der Waals surface area contributed by atoms with Gasteiger partial charge in [0, 0.05) is 18.5 Å². The van der Waals surface area contributed by atoms with Crippen LogP contribution in [0.4, 0.5) is 5.82 Å². The van der Waals surface area contributed by atoms with Crippen molar-refractivity contribution < 1.29 is 0 Å².